The summed E-state index contributed by atoms with van der Waals surface area (Å²) < 4.78 is 10.4. The normalized spacial score (nSPS) is 11.8. The number of aldehydes is 2. The van der Waals surface area contributed by atoms with E-state index in [4.69, 9.17) is 8.75 Å². The summed E-state index contributed by atoms with van der Waals surface area (Å²) in [5.74, 6) is 0. The van der Waals surface area contributed by atoms with E-state index < -0.39 is 0 Å². The van der Waals surface area contributed by atoms with Gasteiger partial charge in [0.05, 0.1) is 21.5 Å². The minimum absolute atomic E-state index is 0.922. The lowest BCUT2D eigenvalue weighted by atomic mass is 10.0. The number of nitrogens with zero attached hydrogens (tertiary/aromatic N) is 2. The van der Waals surface area contributed by atoms with E-state index in [2.05, 4.69) is 90.1 Å². The quantitative estimate of drug-likeness (QED) is 0.0282. The molecular weight excluding hydrogens is 1230 g/mol. The van der Waals surface area contributed by atoms with E-state index in [0.29, 0.717) is 0 Å². The second-order valence-corrected chi connectivity index (χ2v) is 32.9. The van der Waals surface area contributed by atoms with Crippen LogP contribution in [-0.2, 0) is 38.5 Å². The smallest absolute Gasteiger partial charge is 0.160 e. The van der Waals surface area contributed by atoms with E-state index in [0.717, 1.165) is 84.7 Å². The van der Waals surface area contributed by atoms with Crippen LogP contribution in [0.1, 0.15) is 319 Å². The maximum Gasteiger partial charge on any atom is 0.160 e. The summed E-state index contributed by atoms with van der Waals surface area (Å²) in [6, 6.07) is 19.7. The minimum Gasteiger partial charge on any atom is -0.297 e. The zero-order chi connectivity index (χ0) is 63.1. The molecule has 0 fully saturated rings. The van der Waals surface area contributed by atoms with Crippen LogP contribution in [0, 0.1) is 0 Å². The number of hydrogen-bond acceptors (Lipinski definition) is 11. The zero-order valence-corrected chi connectivity index (χ0v) is 62.0. The van der Waals surface area contributed by atoms with Crippen molar-refractivity contribution in [3.05, 3.63) is 91.7 Å². The van der Waals surface area contributed by atoms with Crippen LogP contribution in [0.4, 0.5) is 0 Å². The summed E-state index contributed by atoms with van der Waals surface area (Å²) in [7, 11) is 0. The molecule has 4 nitrogen and oxygen atoms in total. The molecule has 0 aliphatic carbocycles. The summed E-state index contributed by atoms with van der Waals surface area (Å²) in [5, 5.41) is 0. The van der Waals surface area contributed by atoms with Crippen LogP contribution < -0.4 is 0 Å². The first kappa shape index (κ1) is 72.4. The predicted octanol–water partition coefficient (Wildman–Crippen LogP) is 28.7. The Labute approximate surface area is 573 Å². The monoisotopic (exact) mass is 1340 g/mol. The molecule has 90 heavy (non-hydrogen) atoms. The van der Waals surface area contributed by atoms with Crippen molar-refractivity contribution in [3.63, 3.8) is 0 Å². The highest BCUT2D eigenvalue weighted by Crippen LogP contribution is 2.51. The molecule has 7 aromatic heterocycles. The molecule has 490 valence electrons. The third kappa shape index (κ3) is 21.3. The molecule has 0 saturated heterocycles. The maximum atomic E-state index is 12.7. The summed E-state index contributed by atoms with van der Waals surface area (Å²) >= 11 is 12.7. The number of hydrogen-bond donors (Lipinski definition) is 0. The molecule has 0 N–H and O–H groups in total. The Bertz CT molecular complexity index is 3330. The van der Waals surface area contributed by atoms with Crippen LogP contribution in [0.3, 0.4) is 0 Å². The molecule has 1 aromatic carbocycles. The second kappa shape index (κ2) is 40.7. The summed E-state index contributed by atoms with van der Waals surface area (Å²) in [4.78, 5) is 40.7. The largest absolute Gasteiger partial charge is 0.297 e. The lowest BCUT2D eigenvalue weighted by molar-refractivity contribution is 0.111. The van der Waals surface area contributed by atoms with E-state index in [9.17, 15) is 9.59 Å². The number of thiophene rings is 6. The number of fused-ring (bicyclic) bond motifs is 1. The van der Waals surface area contributed by atoms with Crippen LogP contribution in [0.2, 0.25) is 0 Å². The third-order valence-electron chi connectivity index (χ3n) is 18.5. The van der Waals surface area contributed by atoms with Crippen molar-refractivity contribution < 1.29 is 9.59 Å². The van der Waals surface area contributed by atoms with Crippen molar-refractivity contribution in [3.8, 4) is 59.9 Å². The Hall–Kier alpha value is -3.42. The SMILES string of the molecule is CCCCCCCCc1cc(-c2sc(-c3sc(-c4ccc(-c5cc(CCCCCCCC)c(-c6cc(CCCCCCCC)c(-c7cc(CCCCCCC)c(C=O)s7)s6)s5)c5nsnc45)cc3CCCCCCCC)cc2CCCCCCCC)sc1C=O. The minimum atomic E-state index is 0.922. The highest BCUT2D eigenvalue weighted by atomic mass is 32.1. The molecule has 0 saturated carbocycles. The highest BCUT2D eigenvalue weighted by Gasteiger charge is 2.25. The van der Waals surface area contributed by atoms with Gasteiger partial charge in [0.15, 0.2) is 12.6 Å². The number of aryl methyl sites for hydroxylation is 6. The van der Waals surface area contributed by atoms with Gasteiger partial charge in [-0.25, -0.2) is 0 Å². The number of benzene rings is 1. The summed E-state index contributed by atoms with van der Waals surface area (Å²) in [6.45, 7) is 13.8. The van der Waals surface area contributed by atoms with Crippen LogP contribution in [-0.4, -0.2) is 21.3 Å². The molecule has 0 atom stereocenters. The molecule has 0 amide bonds. The van der Waals surface area contributed by atoms with Gasteiger partial charge >= 0.3 is 0 Å². The van der Waals surface area contributed by atoms with E-state index in [1.54, 1.807) is 22.7 Å². The van der Waals surface area contributed by atoms with Crippen LogP contribution in [0.15, 0.2) is 48.5 Å². The van der Waals surface area contributed by atoms with Gasteiger partial charge in [0.2, 0.25) is 0 Å². The molecule has 11 heteroatoms. The first-order valence-electron chi connectivity index (χ1n) is 36.3. The van der Waals surface area contributed by atoms with Crippen molar-refractivity contribution >= 4 is 103 Å². The average Bonchev–Trinajstić information content (AvgIpc) is 1.64. The second-order valence-electron chi connectivity index (χ2n) is 26.0. The lowest BCUT2D eigenvalue weighted by Crippen LogP contribution is -1.88. The van der Waals surface area contributed by atoms with Gasteiger partial charge < -0.3 is 0 Å². The number of carbonyl (C=O) groups excluding carboxylic acids is 2. The van der Waals surface area contributed by atoms with Crippen molar-refractivity contribution in [1.29, 1.82) is 0 Å². The van der Waals surface area contributed by atoms with Gasteiger partial charge in [-0.2, -0.15) is 8.75 Å². The van der Waals surface area contributed by atoms with E-state index >= 15 is 0 Å². The molecule has 0 aliphatic rings. The van der Waals surface area contributed by atoms with E-state index in [1.807, 2.05) is 45.3 Å². The van der Waals surface area contributed by atoms with Crippen molar-refractivity contribution in [2.75, 3.05) is 0 Å². The molecule has 0 spiro atoms. The summed E-state index contributed by atoms with van der Waals surface area (Å²) in [6.07, 6.45) is 52.9. The zero-order valence-electron chi connectivity index (χ0n) is 56.3. The molecule has 0 unspecified atom stereocenters. The highest BCUT2D eigenvalue weighted by molar-refractivity contribution is 7.28. The van der Waals surface area contributed by atoms with Gasteiger partial charge in [-0.3, -0.25) is 9.59 Å². The Balaban J connectivity index is 1.16. The number of carbonyl (C=O) groups is 2. The maximum absolute atomic E-state index is 12.7. The van der Waals surface area contributed by atoms with Crippen molar-refractivity contribution in [2.24, 2.45) is 0 Å². The van der Waals surface area contributed by atoms with Gasteiger partial charge in [0.1, 0.15) is 11.0 Å². The van der Waals surface area contributed by atoms with Gasteiger partial charge in [-0.05, 0) is 147 Å². The third-order valence-corrected chi connectivity index (χ3v) is 26.8. The molecular formula is C79H110N2O2S7. The van der Waals surface area contributed by atoms with Crippen LogP contribution >= 0.6 is 79.7 Å². The van der Waals surface area contributed by atoms with Crippen LogP contribution in [0.5, 0.6) is 0 Å². The standard InChI is InChI=1S/C79H110N2O2S7/c1-7-13-19-25-31-37-43-59-51-69(85-73(59)57-83)77-63(47-41-35-29-23-17-11-5)55-71(89-77)79-61(45-39-33-27-21-15-9-3)53-67(87-79)65-49-48-64(74-75(65)81-90-80-74)66-52-60(44-38-32-26-20-14-8-2)78(86-66)70-54-62(46-40-34-28-22-16-10-4)76(88-70)68-50-58(72(56-82)84-68)42-36-30-24-18-12-6/h48-57H,7-47H2,1-6H3. The first-order chi connectivity index (χ1) is 44.4. The van der Waals surface area contributed by atoms with Gasteiger partial charge in [0, 0.05) is 59.9 Å². The number of rotatable bonds is 49. The van der Waals surface area contributed by atoms with E-state index in [1.165, 1.54) is 317 Å². The van der Waals surface area contributed by atoms with Gasteiger partial charge in [-0.1, -0.05) is 240 Å². The first-order valence-corrected chi connectivity index (χ1v) is 41.9. The number of aromatic nitrogens is 2. The Morgan fingerprint density at radius 1 is 0.278 bits per heavy atom. The Morgan fingerprint density at radius 3 is 0.778 bits per heavy atom. The van der Waals surface area contributed by atoms with E-state index in [-0.39, 0.29) is 0 Å². The Morgan fingerprint density at radius 2 is 0.500 bits per heavy atom. The predicted molar refractivity (Wildman–Crippen MR) is 406 cm³/mol. The molecule has 0 aliphatic heterocycles. The fourth-order valence-electron chi connectivity index (χ4n) is 13.1. The topological polar surface area (TPSA) is 59.9 Å². The average molecular weight is 1340 g/mol. The van der Waals surface area contributed by atoms with Gasteiger partial charge in [-0.15, -0.1) is 68.0 Å². The van der Waals surface area contributed by atoms with Crippen LogP contribution in [0.25, 0.3) is 70.9 Å². The summed E-state index contributed by atoms with van der Waals surface area (Å²) in [5.41, 5.74) is 12.7. The van der Waals surface area contributed by atoms with Gasteiger partial charge in [0.25, 0.3) is 0 Å². The molecule has 0 radical (unpaired) electrons. The Kier molecular flexibility index (Phi) is 32.8. The molecule has 0 bridgehead atoms. The molecule has 8 aromatic rings. The fourth-order valence-corrected chi connectivity index (χ4v) is 21.2. The number of unbranched alkanes of at least 4 members (excludes halogenated alkanes) is 29. The van der Waals surface area contributed by atoms with Crippen molar-refractivity contribution in [2.45, 2.75) is 305 Å². The molecule has 7 heterocycles. The van der Waals surface area contributed by atoms with Crippen molar-refractivity contribution in [1.82, 2.24) is 8.75 Å². The lowest BCUT2D eigenvalue weighted by Gasteiger charge is -2.04. The fraction of sp³-hybridized carbons (Fsp3) is 0.595. The molecule has 8 rings (SSSR count).